The van der Waals surface area contributed by atoms with Crippen molar-refractivity contribution in [3.63, 3.8) is 0 Å². The van der Waals surface area contributed by atoms with Gasteiger partial charge in [-0.1, -0.05) is 13.3 Å². The molecular weight excluding hydrogens is 176 g/mol. The summed E-state index contributed by atoms with van der Waals surface area (Å²) in [4.78, 5) is 11.2. The Kier molecular flexibility index (Phi) is 2.77. The Morgan fingerprint density at radius 3 is 2.50 bits per heavy atom. The predicted octanol–water partition coefficient (Wildman–Crippen LogP) is 1.03. The van der Waals surface area contributed by atoms with Gasteiger partial charge in [0.15, 0.2) is 0 Å². The predicted molar refractivity (Wildman–Crippen MR) is 55.6 cm³/mol. The van der Waals surface area contributed by atoms with Gasteiger partial charge in [0.05, 0.1) is 5.92 Å². The van der Waals surface area contributed by atoms with Crippen LogP contribution in [-0.2, 0) is 4.79 Å². The molecule has 3 N–H and O–H groups in total. The molecule has 2 aliphatic rings. The fourth-order valence-electron chi connectivity index (χ4n) is 2.69. The van der Waals surface area contributed by atoms with Crippen LogP contribution in [0.2, 0.25) is 0 Å². The Morgan fingerprint density at radius 1 is 1.21 bits per heavy atom. The standard InChI is InChI=1S/C11H20N2O/c1-7-5-6-9(7)13-10-4-2-3-8(10)11(12)14/h7-10,13H,2-6H2,1H3,(H2,12,14). The van der Waals surface area contributed by atoms with Gasteiger partial charge in [-0.15, -0.1) is 0 Å². The number of nitrogens with two attached hydrogens (primary N) is 1. The topological polar surface area (TPSA) is 55.1 Å². The average Bonchev–Trinajstić information content (AvgIpc) is 2.59. The van der Waals surface area contributed by atoms with Crippen LogP contribution in [0.25, 0.3) is 0 Å². The maximum Gasteiger partial charge on any atom is 0.222 e. The summed E-state index contributed by atoms with van der Waals surface area (Å²) in [5.41, 5.74) is 5.38. The first-order chi connectivity index (χ1) is 6.68. The van der Waals surface area contributed by atoms with Crippen LogP contribution >= 0.6 is 0 Å². The highest BCUT2D eigenvalue weighted by atomic mass is 16.1. The van der Waals surface area contributed by atoms with E-state index < -0.39 is 0 Å². The lowest BCUT2D eigenvalue weighted by Gasteiger charge is -2.37. The van der Waals surface area contributed by atoms with Gasteiger partial charge in [-0.25, -0.2) is 0 Å². The number of carbonyl (C=O) groups excluding carboxylic acids is 1. The molecule has 0 aromatic rings. The van der Waals surface area contributed by atoms with E-state index in [1.807, 2.05) is 0 Å². The molecule has 4 unspecified atom stereocenters. The molecule has 0 heterocycles. The van der Waals surface area contributed by atoms with Crippen LogP contribution < -0.4 is 11.1 Å². The summed E-state index contributed by atoms with van der Waals surface area (Å²) in [6, 6.07) is 1.00. The normalized spacial score (nSPS) is 42.1. The van der Waals surface area contributed by atoms with Gasteiger partial charge < -0.3 is 11.1 Å². The molecule has 80 valence electrons. The molecule has 0 aromatic carbocycles. The highest BCUT2D eigenvalue weighted by Crippen LogP contribution is 2.31. The van der Waals surface area contributed by atoms with Crippen molar-refractivity contribution < 1.29 is 4.79 Å². The number of nitrogens with one attached hydrogen (secondary N) is 1. The summed E-state index contributed by atoms with van der Waals surface area (Å²) >= 11 is 0. The number of amides is 1. The quantitative estimate of drug-likeness (QED) is 0.708. The fourth-order valence-corrected chi connectivity index (χ4v) is 2.69. The van der Waals surface area contributed by atoms with Crippen molar-refractivity contribution in [1.82, 2.24) is 5.32 Å². The summed E-state index contributed by atoms with van der Waals surface area (Å²) < 4.78 is 0. The van der Waals surface area contributed by atoms with Gasteiger partial charge in [0, 0.05) is 12.1 Å². The summed E-state index contributed by atoms with van der Waals surface area (Å²) in [7, 11) is 0. The third kappa shape index (κ3) is 1.78. The second-order valence-electron chi connectivity index (χ2n) is 4.87. The molecular formula is C11H20N2O. The minimum Gasteiger partial charge on any atom is -0.369 e. The first kappa shape index (κ1) is 9.97. The lowest BCUT2D eigenvalue weighted by Crippen LogP contribution is -2.50. The minimum atomic E-state index is -0.119. The molecule has 1 amide bonds. The Labute approximate surface area is 85.4 Å². The van der Waals surface area contributed by atoms with Gasteiger partial charge in [-0.3, -0.25) is 4.79 Å². The van der Waals surface area contributed by atoms with Crippen molar-refractivity contribution in [2.75, 3.05) is 0 Å². The van der Waals surface area contributed by atoms with Gasteiger partial charge in [0.1, 0.15) is 0 Å². The molecule has 0 spiro atoms. The molecule has 0 radical (unpaired) electrons. The molecule has 0 aromatic heterocycles. The van der Waals surface area contributed by atoms with Crippen LogP contribution in [0.1, 0.15) is 39.0 Å². The van der Waals surface area contributed by atoms with Crippen LogP contribution in [0.3, 0.4) is 0 Å². The molecule has 2 fully saturated rings. The van der Waals surface area contributed by atoms with E-state index in [1.165, 1.54) is 12.8 Å². The first-order valence-electron chi connectivity index (χ1n) is 5.74. The first-order valence-corrected chi connectivity index (χ1v) is 5.74. The number of hydrogen-bond donors (Lipinski definition) is 2. The van der Waals surface area contributed by atoms with Crippen LogP contribution in [0.5, 0.6) is 0 Å². The zero-order valence-corrected chi connectivity index (χ0v) is 8.83. The van der Waals surface area contributed by atoms with Gasteiger partial charge >= 0.3 is 0 Å². The number of carbonyl (C=O) groups is 1. The summed E-state index contributed by atoms with van der Waals surface area (Å²) in [5, 5.41) is 3.60. The number of rotatable bonds is 3. The Balaban J connectivity index is 1.87. The van der Waals surface area contributed by atoms with E-state index in [9.17, 15) is 4.79 Å². The van der Waals surface area contributed by atoms with Crippen molar-refractivity contribution in [3.8, 4) is 0 Å². The highest BCUT2D eigenvalue weighted by Gasteiger charge is 2.36. The van der Waals surface area contributed by atoms with Gasteiger partial charge in [-0.05, 0) is 31.6 Å². The SMILES string of the molecule is CC1CCC1NC1CCCC1C(N)=O. The number of hydrogen-bond acceptors (Lipinski definition) is 2. The maximum absolute atomic E-state index is 11.2. The Hall–Kier alpha value is -0.570. The summed E-state index contributed by atoms with van der Waals surface area (Å²) in [6.07, 6.45) is 5.84. The van der Waals surface area contributed by atoms with E-state index in [-0.39, 0.29) is 11.8 Å². The molecule has 2 saturated carbocycles. The average molecular weight is 196 g/mol. The fraction of sp³-hybridized carbons (Fsp3) is 0.909. The summed E-state index contributed by atoms with van der Waals surface area (Å²) in [6.45, 7) is 2.27. The molecule has 0 bridgehead atoms. The zero-order chi connectivity index (χ0) is 10.1. The van der Waals surface area contributed by atoms with Crippen LogP contribution in [0.15, 0.2) is 0 Å². The van der Waals surface area contributed by atoms with Crippen LogP contribution in [0, 0.1) is 11.8 Å². The number of primary amides is 1. The monoisotopic (exact) mass is 196 g/mol. The molecule has 2 rings (SSSR count). The van der Waals surface area contributed by atoms with Gasteiger partial charge in [-0.2, -0.15) is 0 Å². The van der Waals surface area contributed by atoms with E-state index in [0.717, 1.165) is 25.2 Å². The van der Waals surface area contributed by atoms with Crippen molar-refractivity contribution >= 4 is 5.91 Å². The third-order valence-electron chi connectivity index (χ3n) is 3.93. The molecule has 14 heavy (non-hydrogen) atoms. The maximum atomic E-state index is 11.2. The smallest absolute Gasteiger partial charge is 0.222 e. The van der Waals surface area contributed by atoms with E-state index in [4.69, 9.17) is 5.73 Å². The zero-order valence-electron chi connectivity index (χ0n) is 8.83. The molecule has 2 aliphatic carbocycles. The highest BCUT2D eigenvalue weighted by molar-refractivity contribution is 5.77. The van der Waals surface area contributed by atoms with Crippen LogP contribution in [0.4, 0.5) is 0 Å². The van der Waals surface area contributed by atoms with Crippen molar-refractivity contribution in [1.29, 1.82) is 0 Å². The lowest BCUT2D eigenvalue weighted by molar-refractivity contribution is -0.122. The molecule has 3 heteroatoms. The van der Waals surface area contributed by atoms with Crippen LogP contribution in [-0.4, -0.2) is 18.0 Å². The van der Waals surface area contributed by atoms with Gasteiger partial charge in [0.25, 0.3) is 0 Å². The van der Waals surface area contributed by atoms with Crippen molar-refractivity contribution in [3.05, 3.63) is 0 Å². The van der Waals surface area contributed by atoms with Crippen molar-refractivity contribution in [2.45, 2.75) is 51.1 Å². The second kappa shape index (κ2) is 3.89. The lowest BCUT2D eigenvalue weighted by atomic mass is 9.80. The molecule has 0 aliphatic heterocycles. The minimum absolute atomic E-state index is 0.0859. The molecule has 4 atom stereocenters. The van der Waals surface area contributed by atoms with Gasteiger partial charge in [0.2, 0.25) is 5.91 Å². The summed E-state index contributed by atoms with van der Waals surface area (Å²) in [5.74, 6) is 0.749. The van der Waals surface area contributed by atoms with E-state index in [2.05, 4.69) is 12.2 Å². The Morgan fingerprint density at radius 2 is 2.00 bits per heavy atom. The van der Waals surface area contributed by atoms with Crippen molar-refractivity contribution in [2.24, 2.45) is 17.6 Å². The van der Waals surface area contributed by atoms with E-state index in [1.54, 1.807) is 0 Å². The largest absolute Gasteiger partial charge is 0.369 e. The Bertz CT molecular complexity index is 229. The third-order valence-corrected chi connectivity index (χ3v) is 3.93. The second-order valence-corrected chi connectivity index (χ2v) is 4.87. The van der Waals surface area contributed by atoms with E-state index in [0.29, 0.717) is 12.1 Å². The molecule has 0 saturated heterocycles. The van der Waals surface area contributed by atoms with E-state index >= 15 is 0 Å². The molecule has 3 nitrogen and oxygen atoms in total.